The van der Waals surface area contributed by atoms with Gasteiger partial charge < -0.3 is 5.11 Å². The molecule has 0 saturated heterocycles. The van der Waals surface area contributed by atoms with Crippen molar-refractivity contribution in [2.24, 2.45) is 0 Å². The average molecular weight is 243 g/mol. The number of halogens is 1. The van der Waals surface area contributed by atoms with E-state index in [2.05, 4.69) is 4.98 Å². The molecule has 0 atom stereocenters. The molecule has 90 valence electrons. The standard InChI is InChI=1S/C14H10FNO2/c15-13-8-11(12-2-1-7-16-9-12)4-3-10(13)5-6-14(17)18/h1-9H,(H,17,18)/b6-5+. The van der Waals surface area contributed by atoms with Crippen molar-refractivity contribution in [3.8, 4) is 11.1 Å². The zero-order chi connectivity index (χ0) is 13.0. The maximum absolute atomic E-state index is 13.7. The van der Waals surface area contributed by atoms with Crippen molar-refractivity contribution in [3.63, 3.8) is 0 Å². The van der Waals surface area contributed by atoms with Crippen LogP contribution in [0, 0.1) is 5.82 Å². The molecule has 0 spiro atoms. The molecule has 4 heteroatoms. The SMILES string of the molecule is O=C(O)/C=C/c1ccc(-c2cccnc2)cc1F. The fourth-order valence-corrected chi connectivity index (χ4v) is 1.54. The van der Waals surface area contributed by atoms with E-state index in [1.807, 2.05) is 6.07 Å². The van der Waals surface area contributed by atoms with Crippen LogP contribution in [-0.2, 0) is 4.79 Å². The highest BCUT2D eigenvalue weighted by atomic mass is 19.1. The Bertz CT molecular complexity index is 594. The number of aromatic nitrogens is 1. The summed E-state index contributed by atoms with van der Waals surface area (Å²) in [7, 11) is 0. The van der Waals surface area contributed by atoms with Gasteiger partial charge in [-0.3, -0.25) is 4.98 Å². The number of nitrogens with zero attached hydrogens (tertiary/aromatic N) is 1. The van der Waals surface area contributed by atoms with Gasteiger partial charge in [-0.05, 0) is 23.8 Å². The number of carbonyl (C=O) groups is 1. The van der Waals surface area contributed by atoms with Crippen LogP contribution in [-0.4, -0.2) is 16.1 Å². The zero-order valence-corrected chi connectivity index (χ0v) is 9.38. The number of aliphatic carboxylic acids is 1. The van der Waals surface area contributed by atoms with Crippen LogP contribution < -0.4 is 0 Å². The Hall–Kier alpha value is -2.49. The third-order valence-electron chi connectivity index (χ3n) is 2.40. The molecule has 2 aromatic rings. The van der Waals surface area contributed by atoms with Crippen molar-refractivity contribution in [1.29, 1.82) is 0 Å². The Labute approximate surface area is 103 Å². The normalized spacial score (nSPS) is 10.7. The highest BCUT2D eigenvalue weighted by Gasteiger charge is 2.03. The lowest BCUT2D eigenvalue weighted by Crippen LogP contribution is -1.89. The molecule has 0 radical (unpaired) electrons. The van der Waals surface area contributed by atoms with E-state index in [1.165, 1.54) is 18.2 Å². The van der Waals surface area contributed by atoms with E-state index in [-0.39, 0.29) is 5.56 Å². The Morgan fingerprint density at radius 2 is 2.11 bits per heavy atom. The summed E-state index contributed by atoms with van der Waals surface area (Å²) in [5.41, 5.74) is 1.75. The molecule has 1 aromatic carbocycles. The summed E-state index contributed by atoms with van der Waals surface area (Å²) in [5.74, 6) is -1.57. The predicted octanol–water partition coefficient (Wildman–Crippen LogP) is 2.99. The smallest absolute Gasteiger partial charge is 0.328 e. The maximum Gasteiger partial charge on any atom is 0.328 e. The third kappa shape index (κ3) is 2.79. The van der Waals surface area contributed by atoms with Gasteiger partial charge in [-0.1, -0.05) is 18.2 Å². The van der Waals surface area contributed by atoms with Crippen LogP contribution >= 0.6 is 0 Å². The lowest BCUT2D eigenvalue weighted by atomic mass is 10.0. The molecule has 0 bridgehead atoms. The van der Waals surface area contributed by atoms with E-state index < -0.39 is 11.8 Å². The van der Waals surface area contributed by atoms with Gasteiger partial charge in [0.2, 0.25) is 0 Å². The molecule has 1 N–H and O–H groups in total. The van der Waals surface area contributed by atoms with Crippen molar-refractivity contribution >= 4 is 12.0 Å². The van der Waals surface area contributed by atoms with Gasteiger partial charge in [0.15, 0.2) is 0 Å². The topological polar surface area (TPSA) is 50.2 Å². The van der Waals surface area contributed by atoms with Crippen LogP contribution in [0.3, 0.4) is 0 Å². The molecule has 0 aliphatic carbocycles. The molecule has 0 unspecified atom stereocenters. The highest BCUT2D eigenvalue weighted by Crippen LogP contribution is 2.21. The summed E-state index contributed by atoms with van der Waals surface area (Å²) in [6.07, 6.45) is 5.41. The summed E-state index contributed by atoms with van der Waals surface area (Å²) in [6.45, 7) is 0. The molecule has 2 rings (SSSR count). The molecular formula is C14H10FNO2. The minimum absolute atomic E-state index is 0.241. The number of rotatable bonds is 3. The fourth-order valence-electron chi connectivity index (χ4n) is 1.54. The molecule has 0 amide bonds. The predicted molar refractivity (Wildman–Crippen MR) is 66.3 cm³/mol. The van der Waals surface area contributed by atoms with Gasteiger partial charge in [0.05, 0.1) is 0 Å². The summed E-state index contributed by atoms with van der Waals surface area (Å²) in [4.78, 5) is 14.3. The van der Waals surface area contributed by atoms with Crippen molar-refractivity contribution < 1.29 is 14.3 Å². The van der Waals surface area contributed by atoms with E-state index >= 15 is 0 Å². The van der Waals surface area contributed by atoms with Crippen LogP contribution in [0.1, 0.15) is 5.56 Å². The zero-order valence-electron chi connectivity index (χ0n) is 9.38. The molecule has 18 heavy (non-hydrogen) atoms. The van der Waals surface area contributed by atoms with E-state index in [0.717, 1.165) is 11.6 Å². The first-order valence-electron chi connectivity index (χ1n) is 5.28. The largest absolute Gasteiger partial charge is 0.478 e. The van der Waals surface area contributed by atoms with Gasteiger partial charge in [-0.15, -0.1) is 0 Å². The van der Waals surface area contributed by atoms with Crippen molar-refractivity contribution in [3.05, 3.63) is 60.2 Å². The van der Waals surface area contributed by atoms with E-state index in [9.17, 15) is 9.18 Å². The molecule has 1 aromatic heterocycles. The van der Waals surface area contributed by atoms with Gasteiger partial charge >= 0.3 is 5.97 Å². The Kier molecular flexibility index (Phi) is 3.48. The molecule has 0 aliphatic heterocycles. The lowest BCUT2D eigenvalue weighted by molar-refractivity contribution is -0.131. The van der Waals surface area contributed by atoms with Crippen LogP contribution in [0.4, 0.5) is 4.39 Å². The first-order valence-corrected chi connectivity index (χ1v) is 5.28. The van der Waals surface area contributed by atoms with E-state index in [4.69, 9.17) is 5.11 Å². The van der Waals surface area contributed by atoms with Crippen LogP contribution in [0.5, 0.6) is 0 Å². The number of carboxylic acid groups (broad SMARTS) is 1. The quantitative estimate of drug-likeness (QED) is 0.843. The van der Waals surface area contributed by atoms with Crippen molar-refractivity contribution in [2.45, 2.75) is 0 Å². The number of carboxylic acids is 1. The Balaban J connectivity index is 2.34. The first kappa shape index (κ1) is 12.0. The minimum atomic E-state index is -1.11. The lowest BCUT2D eigenvalue weighted by Gasteiger charge is -2.03. The van der Waals surface area contributed by atoms with Gasteiger partial charge in [0.1, 0.15) is 5.82 Å². The number of hydrogen-bond acceptors (Lipinski definition) is 2. The maximum atomic E-state index is 13.7. The van der Waals surface area contributed by atoms with Crippen LogP contribution in [0.25, 0.3) is 17.2 Å². The molecule has 1 heterocycles. The number of hydrogen-bond donors (Lipinski definition) is 1. The van der Waals surface area contributed by atoms with Crippen LogP contribution in [0.15, 0.2) is 48.8 Å². The molecular weight excluding hydrogens is 233 g/mol. The Morgan fingerprint density at radius 3 is 2.72 bits per heavy atom. The summed E-state index contributed by atoms with van der Waals surface area (Å²) in [6, 6.07) is 8.22. The molecule has 3 nitrogen and oxygen atoms in total. The van der Waals surface area contributed by atoms with E-state index in [0.29, 0.717) is 5.56 Å². The summed E-state index contributed by atoms with van der Waals surface area (Å²) >= 11 is 0. The fraction of sp³-hybridized carbons (Fsp3) is 0. The first-order chi connectivity index (χ1) is 8.66. The molecule has 0 fully saturated rings. The summed E-state index contributed by atoms with van der Waals surface area (Å²) < 4.78 is 13.7. The average Bonchev–Trinajstić information content (AvgIpc) is 2.38. The van der Waals surface area contributed by atoms with Crippen LogP contribution in [0.2, 0.25) is 0 Å². The second kappa shape index (κ2) is 5.23. The second-order valence-corrected chi connectivity index (χ2v) is 3.65. The molecule has 0 aliphatic rings. The van der Waals surface area contributed by atoms with Crippen molar-refractivity contribution in [2.75, 3.05) is 0 Å². The number of pyridine rings is 1. The third-order valence-corrected chi connectivity index (χ3v) is 2.40. The highest BCUT2D eigenvalue weighted by molar-refractivity contribution is 5.85. The van der Waals surface area contributed by atoms with E-state index in [1.54, 1.807) is 24.5 Å². The van der Waals surface area contributed by atoms with Gasteiger partial charge in [-0.2, -0.15) is 0 Å². The van der Waals surface area contributed by atoms with Gasteiger partial charge in [0, 0.05) is 29.6 Å². The summed E-state index contributed by atoms with van der Waals surface area (Å²) in [5, 5.41) is 8.48. The van der Waals surface area contributed by atoms with Crippen molar-refractivity contribution in [1.82, 2.24) is 4.98 Å². The Morgan fingerprint density at radius 1 is 1.28 bits per heavy atom. The number of benzene rings is 1. The van der Waals surface area contributed by atoms with Gasteiger partial charge in [-0.25, -0.2) is 9.18 Å². The monoisotopic (exact) mass is 243 g/mol. The molecule has 0 saturated carbocycles. The van der Waals surface area contributed by atoms with Gasteiger partial charge in [0.25, 0.3) is 0 Å². The minimum Gasteiger partial charge on any atom is -0.478 e. The second-order valence-electron chi connectivity index (χ2n) is 3.65.